The van der Waals surface area contributed by atoms with E-state index in [1.165, 1.54) is 19.3 Å². The highest BCUT2D eigenvalue weighted by molar-refractivity contribution is 5.95. The molecule has 1 amide bonds. The monoisotopic (exact) mass is 388 g/mol. The number of amides is 1. The van der Waals surface area contributed by atoms with Gasteiger partial charge in [-0.05, 0) is 61.4 Å². The number of benzene rings is 2. The maximum Gasteiger partial charge on any atom is 0.254 e. The number of primary amides is 1. The van der Waals surface area contributed by atoms with Crippen molar-refractivity contribution in [2.75, 3.05) is 0 Å². The van der Waals surface area contributed by atoms with Crippen LogP contribution in [-0.2, 0) is 0 Å². The van der Waals surface area contributed by atoms with Crippen LogP contribution in [0.15, 0.2) is 66.7 Å². The molecular weight excluding hydrogens is 364 g/mol. The molecule has 148 valence electrons. The van der Waals surface area contributed by atoms with Crippen LogP contribution in [0, 0.1) is 0 Å². The van der Waals surface area contributed by atoms with Crippen LogP contribution in [0.5, 0.6) is 23.1 Å². The molecule has 2 aromatic carbocycles. The number of para-hydroxylation sites is 1. The number of aromatic nitrogens is 1. The lowest BCUT2D eigenvalue weighted by Gasteiger charge is -2.21. The Morgan fingerprint density at radius 2 is 1.41 bits per heavy atom. The summed E-state index contributed by atoms with van der Waals surface area (Å²) in [7, 11) is 0. The molecule has 1 heterocycles. The highest BCUT2D eigenvalue weighted by Crippen LogP contribution is 2.34. The van der Waals surface area contributed by atoms with Crippen LogP contribution in [0.4, 0.5) is 0 Å². The maximum atomic E-state index is 11.8. The molecule has 1 saturated carbocycles. The van der Waals surface area contributed by atoms with E-state index in [9.17, 15) is 4.79 Å². The van der Waals surface area contributed by atoms with E-state index in [-0.39, 0.29) is 11.4 Å². The zero-order valence-corrected chi connectivity index (χ0v) is 16.2. The SMILES string of the molecule is NC(=O)c1ccc(C2CCCCC2)nc1Oc1ccc(Oc2ccccc2)cc1. The van der Waals surface area contributed by atoms with Crippen LogP contribution in [0.2, 0.25) is 0 Å². The average molecular weight is 388 g/mol. The first-order valence-electron chi connectivity index (χ1n) is 10.0. The van der Waals surface area contributed by atoms with Crippen molar-refractivity contribution in [2.24, 2.45) is 5.73 Å². The first-order chi connectivity index (χ1) is 14.2. The molecule has 0 bridgehead atoms. The summed E-state index contributed by atoms with van der Waals surface area (Å²) in [5.41, 5.74) is 6.78. The lowest BCUT2D eigenvalue weighted by atomic mass is 9.86. The van der Waals surface area contributed by atoms with Gasteiger partial charge in [0.15, 0.2) is 0 Å². The van der Waals surface area contributed by atoms with E-state index in [0.717, 1.165) is 24.3 Å². The Morgan fingerprint density at radius 3 is 2.07 bits per heavy atom. The van der Waals surface area contributed by atoms with Crippen molar-refractivity contribution in [1.82, 2.24) is 4.98 Å². The van der Waals surface area contributed by atoms with Crippen molar-refractivity contribution in [2.45, 2.75) is 38.0 Å². The summed E-state index contributed by atoms with van der Waals surface area (Å²) in [6.45, 7) is 0. The van der Waals surface area contributed by atoms with Gasteiger partial charge in [-0.2, -0.15) is 0 Å². The van der Waals surface area contributed by atoms with E-state index in [1.807, 2.05) is 48.5 Å². The molecule has 1 fully saturated rings. The molecule has 5 nitrogen and oxygen atoms in total. The van der Waals surface area contributed by atoms with Crippen LogP contribution < -0.4 is 15.2 Å². The fourth-order valence-electron chi connectivity index (χ4n) is 3.66. The zero-order chi connectivity index (χ0) is 20.1. The predicted octanol–water partition coefficient (Wildman–Crippen LogP) is 5.81. The summed E-state index contributed by atoms with van der Waals surface area (Å²) in [6, 6.07) is 20.4. The quantitative estimate of drug-likeness (QED) is 0.578. The molecule has 0 aliphatic heterocycles. The number of hydrogen-bond donors (Lipinski definition) is 1. The minimum absolute atomic E-state index is 0.261. The Kier molecular flexibility index (Phi) is 5.75. The van der Waals surface area contributed by atoms with Gasteiger partial charge in [0, 0.05) is 11.6 Å². The summed E-state index contributed by atoms with van der Waals surface area (Å²) < 4.78 is 11.7. The molecule has 4 rings (SSSR count). The molecule has 0 radical (unpaired) electrons. The Balaban J connectivity index is 1.53. The van der Waals surface area contributed by atoms with Gasteiger partial charge in [-0.25, -0.2) is 4.98 Å². The van der Waals surface area contributed by atoms with Crippen molar-refractivity contribution < 1.29 is 14.3 Å². The van der Waals surface area contributed by atoms with Crippen molar-refractivity contribution in [3.8, 4) is 23.1 Å². The van der Waals surface area contributed by atoms with Gasteiger partial charge >= 0.3 is 0 Å². The number of nitrogens with two attached hydrogens (primary N) is 1. The number of nitrogens with zero attached hydrogens (tertiary/aromatic N) is 1. The molecule has 5 heteroatoms. The van der Waals surface area contributed by atoms with Crippen molar-refractivity contribution in [1.29, 1.82) is 0 Å². The Hall–Kier alpha value is -3.34. The second kappa shape index (κ2) is 8.78. The molecule has 0 atom stereocenters. The summed E-state index contributed by atoms with van der Waals surface area (Å²) >= 11 is 0. The van der Waals surface area contributed by atoms with Gasteiger partial charge in [0.25, 0.3) is 5.91 Å². The number of ether oxygens (including phenoxy) is 2. The van der Waals surface area contributed by atoms with E-state index in [1.54, 1.807) is 18.2 Å². The molecule has 0 unspecified atom stereocenters. The summed E-state index contributed by atoms with van der Waals surface area (Å²) in [5.74, 6) is 2.15. The normalized spacial score (nSPS) is 14.3. The molecule has 1 aromatic heterocycles. The van der Waals surface area contributed by atoms with E-state index < -0.39 is 5.91 Å². The summed E-state index contributed by atoms with van der Waals surface area (Å²) in [5, 5.41) is 0. The molecule has 0 saturated heterocycles. The smallest absolute Gasteiger partial charge is 0.254 e. The van der Waals surface area contributed by atoms with Crippen LogP contribution in [-0.4, -0.2) is 10.9 Å². The minimum Gasteiger partial charge on any atom is -0.457 e. The van der Waals surface area contributed by atoms with Crippen molar-refractivity contribution in [3.63, 3.8) is 0 Å². The number of carbonyl (C=O) groups excluding carboxylic acids is 1. The highest BCUT2D eigenvalue weighted by Gasteiger charge is 2.20. The van der Waals surface area contributed by atoms with Gasteiger partial charge in [0.05, 0.1) is 0 Å². The van der Waals surface area contributed by atoms with E-state index in [0.29, 0.717) is 17.4 Å². The molecule has 3 aromatic rings. The lowest BCUT2D eigenvalue weighted by molar-refractivity contribution is 0.0997. The van der Waals surface area contributed by atoms with Gasteiger partial charge in [0.1, 0.15) is 22.8 Å². The van der Waals surface area contributed by atoms with Crippen molar-refractivity contribution >= 4 is 5.91 Å². The first kappa shape index (κ1) is 19.0. The molecule has 29 heavy (non-hydrogen) atoms. The topological polar surface area (TPSA) is 74.4 Å². The van der Waals surface area contributed by atoms with Gasteiger partial charge in [0.2, 0.25) is 5.88 Å². The van der Waals surface area contributed by atoms with Gasteiger partial charge < -0.3 is 15.2 Å². The molecule has 1 aliphatic carbocycles. The fraction of sp³-hybridized carbons (Fsp3) is 0.250. The van der Waals surface area contributed by atoms with E-state index in [2.05, 4.69) is 4.98 Å². The summed E-state index contributed by atoms with van der Waals surface area (Å²) in [6.07, 6.45) is 5.93. The standard InChI is InChI=1S/C24H24N2O3/c25-23(27)21-15-16-22(17-7-3-1-4-8-17)26-24(21)29-20-13-11-19(12-14-20)28-18-9-5-2-6-10-18/h2,5-6,9-17H,1,3-4,7-8H2,(H2,25,27). The van der Waals surface area contributed by atoms with Gasteiger partial charge in [-0.1, -0.05) is 37.5 Å². The number of pyridine rings is 1. The average Bonchev–Trinajstić information content (AvgIpc) is 2.76. The second-order valence-electron chi connectivity index (χ2n) is 7.28. The molecule has 2 N–H and O–H groups in total. The van der Waals surface area contributed by atoms with Gasteiger partial charge in [-0.15, -0.1) is 0 Å². The van der Waals surface area contributed by atoms with E-state index >= 15 is 0 Å². The summed E-state index contributed by atoms with van der Waals surface area (Å²) in [4.78, 5) is 16.5. The molecule has 1 aliphatic rings. The fourth-order valence-corrected chi connectivity index (χ4v) is 3.66. The Bertz CT molecular complexity index is 965. The number of carbonyl (C=O) groups is 1. The van der Waals surface area contributed by atoms with Gasteiger partial charge in [-0.3, -0.25) is 4.79 Å². The highest BCUT2D eigenvalue weighted by atomic mass is 16.5. The first-order valence-corrected chi connectivity index (χ1v) is 10.0. The predicted molar refractivity (Wildman–Crippen MR) is 112 cm³/mol. The number of rotatable bonds is 6. The second-order valence-corrected chi connectivity index (χ2v) is 7.28. The van der Waals surface area contributed by atoms with Crippen LogP contribution in [0.1, 0.15) is 54.1 Å². The molecular formula is C24H24N2O3. The third kappa shape index (κ3) is 4.74. The Morgan fingerprint density at radius 1 is 0.793 bits per heavy atom. The van der Waals surface area contributed by atoms with Crippen LogP contribution >= 0.6 is 0 Å². The zero-order valence-electron chi connectivity index (χ0n) is 16.2. The largest absolute Gasteiger partial charge is 0.457 e. The van der Waals surface area contributed by atoms with E-state index in [4.69, 9.17) is 15.2 Å². The Labute approximate surface area is 170 Å². The molecule has 0 spiro atoms. The maximum absolute atomic E-state index is 11.8. The lowest BCUT2D eigenvalue weighted by Crippen LogP contribution is -2.15. The minimum atomic E-state index is -0.549. The number of hydrogen-bond acceptors (Lipinski definition) is 4. The third-order valence-electron chi connectivity index (χ3n) is 5.19. The van der Waals surface area contributed by atoms with Crippen LogP contribution in [0.25, 0.3) is 0 Å². The third-order valence-corrected chi connectivity index (χ3v) is 5.19. The van der Waals surface area contributed by atoms with Crippen molar-refractivity contribution in [3.05, 3.63) is 78.0 Å². The van der Waals surface area contributed by atoms with Crippen LogP contribution in [0.3, 0.4) is 0 Å².